The zero-order valence-electron chi connectivity index (χ0n) is 10.7. The molecule has 0 unspecified atom stereocenters. The molecule has 0 saturated carbocycles. The molecule has 0 amide bonds. The number of nitrogens with zero attached hydrogens (tertiary/aromatic N) is 1. The van der Waals surface area contributed by atoms with Crippen molar-refractivity contribution in [1.29, 1.82) is 0 Å². The van der Waals surface area contributed by atoms with Gasteiger partial charge in [-0.1, -0.05) is 6.07 Å². The van der Waals surface area contributed by atoms with Crippen LogP contribution < -0.4 is 0 Å². The highest BCUT2D eigenvalue weighted by molar-refractivity contribution is 9.10. The minimum Gasteiger partial charge on any atom is -0.507 e. The number of benzene rings is 1. The molecule has 1 fully saturated rings. The molecule has 1 N–H and O–H groups in total. The summed E-state index contributed by atoms with van der Waals surface area (Å²) in [7, 11) is 0. The van der Waals surface area contributed by atoms with Crippen LogP contribution in [0, 0.1) is 0 Å². The van der Waals surface area contributed by atoms with E-state index >= 15 is 0 Å². The van der Waals surface area contributed by atoms with E-state index in [2.05, 4.69) is 27.8 Å². The molecule has 0 atom stereocenters. The Morgan fingerprint density at radius 2 is 2.11 bits per heavy atom. The van der Waals surface area contributed by atoms with Crippen molar-refractivity contribution in [1.82, 2.24) is 4.90 Å². The Morgan fingerprint density at radius 1 is 1.39 bits per heavy atom. The number of phenols is 1. The van der Waals surface area contributed by atoms with E-state index in [1.54, 1.807) is 6.07 Å². The summed E-state index contributed by atoms with van der Waals surface area (Å²) in [5.41, 5.74) is 1.23. The molecule has 18 heavy (non-hydrogen) atoms. The topological polar surface area (TPSA) is 32.7 Å². The number of likely N-dealkylation sites (tertiary alicyclic amines) is 1. The van der Waals surface area contributed by atoms with Crippen LogP contribution in [0.1, 0.15) is 25.3 Å². The number of ether oxygens (including phenoxy) is 1. The molecule has 0 spiro atoms. The Morgan fingerprint density at radius 3 is 2.72 bits per heavy atom. The quantitative estimate of drug-likeness (QED) is 0.927. The molecule has 0 aliphatic carbocycles. The van der Waals surface area contributed by atoms with Crippen LogP contribution in [0.3, 0.4) is 0 Å². The number of phenolic OH excluding ortho intramolecular Hbond substituents is 1. The highest BCUT2D eigenvalue weighted by Gasteiger charge is 2.19. The van der Waals surface area contributed by atoms with Gasteiger partial charge in [-0.3, -0.25) is 4.90 Å². The van der Waals surface area contributed by atoms with Gasteiger partial charge >= 0.3 is 0 Å². The van der Waals surface area contributed by atoms with Crippen LogP contribution in [0.25, 0.3) is 0 Å². The van der Waals surface area contributed by atoms with Crippen LogP contribution in [0.5, 0.6) is 5.75 Å². The van der Waals surface area contributed by atoms with E-state index in [4.69, 9.17) is 4.74 Å². The largest absolute Gasteiger partial charge is 0.507 e. The summed E-state index contributed by atoms with van der Waals surface area (Å²) in [5.74, 6) is 0.300. The number of hydrogen-bond donors (Lipinski definition) is 1. The zero-order valence-corrected chi connectivity index (χ0v) is 12.3. The highest BCUT2D eigenvalue weighted by Crippen LogP contribution is 2.25. The molecular formula is C14H20BrNO2. The van der Waals surface area contributed by atoms with E-state index in [1.165, 1.54) is 5.56 Å². The van der Waals surface area contributed by atoms with Gasteiger partial charge in [0, 0.05) is 26.2 Å². The van der Waals surface area contributed by atoms with Gasteiger partial charge in [0.05, 0.1) is 10.6 Å². The molecule has 1 heterocycles. The molecule has 2 rings (SSSR count). The molecule has 0 aromatic heterocycles. The van der Waals surface area contributed by atoms with Crippen molar-refractivity contribution in [2.75, 3.05) is 19.7 Å². The standard InChI is InChI=1S/C14H20BrNO2/c1-2-18-12-5-7-16(8-6-12)10-11-3-4-14(17)13(15)9-11/h3-4,9,12,17H,2,5-8,10H2,1H3. The van der Waals surface area contributed by atoms with Gasteiger partial charge in [-0.2, -0.15) is 0 Å². The van der Waals surface area contributed by atoms with Gasteiger partial charge in [0.15, 0.2) is 0 Å². The molecule has 3 nitrogen and oxygen atoms in total. The van der Waals surface area contributed by atoms with Crippen LogP contribution in [-0.2, 0) is 11.3 Å². The lowest BCUT2D eigenvalue weighted by molar-refractivity contribution is 0.0125. The summed E-state index contributed by atoms with van der Waals surface area (Å²) in [6.45, 7) is 5.99. The Kier molecular flexibility index (Phi) is 5.03. The number of halogens is 1. The fourth-order valence-corrected chi connectivity index (χ4v) is 2.80. The molecule has 1 aliphatic heterocycles. The van der Waals surface area contributed by atoms with Crippen LogP contribution in [0.2, 0.25) is 0 Å². The SMILES string of the molecule is CCOC1CCN(Cc2ccc(O)c(Br)c2)CC1. The van der Waals surface area contributed by atoms with E-state index < -0.39 is 0 Å². The normalized spacial score (nSPS) is 18.1. The Balaban J connectivity index is 1.85. The van der Waals surface area contributed by atoms with Crippen molar-refractivity contribution in [3.05, 3.63) is 28.2 Å². The first-order chi connectivity index (χ1) is 8.69. The lowest BCUT2D eigenvalue weighted by Crippen LogP contribution is -2.36. The zero-order chi connectivity index (χ0) is 13.0. The summed E-state index contributed by atoms with van der Waals surface area (Å²) < 4.78 is 6.42. The average molecular weight is 314 g/mol. The van der Waals surface area contributed by atoms with Gasteiger partial charge in [0.1, 0.15) is 5.75 Å². The van der Waals surface area contributed by atoms with Crippen LogP contribution in [0.15, 0.2) is 22.7 Å². The van der Waals surface area contributed by atoms with Crippen molar-refractivity contribution in [2.45, 2.75) is 32.4 Å². The molecule has 1 aliphatic rings. The maximum atomic E-state index is 9.47. The van der Waals surface area contributed by atoms with Crippen molar-refractivity contribution in [3.8, 4) is 5.75 Å². The smallest absolute Gasteiger partial charge is 0.129 e. The average Bonchev–Trinajstić information content (AvgIpc) is 2.37. The third-order valence-electron chi connectivity index (χ3n) is 3.36. The minimum atomic E-state index is 0.300. The minimum absolute atomic E-state index is 0.300. The lowest BCUT2D eigenvalue weighted by atomic mass is 10.1. The molecule has 0 bridgehead atoms. The van der Waals surface area contributed by atoms with E-state index in [-0.39, 0.29) is 0 Å². The lowest BCUT2D eigenvalue weighted by Gasteiger charge is -2.31. The molecular weight excluding hydrogens is 294 g/mol. The second-order valence-corrected chi connectivity index (χ2v) is 5.57. The highest BCUT2D eigenvalue weighted by atomic mass is 79.9. The number of rotatable bonds is 4. The van der Waals surface area contributed by atoms with E-state index in [1.807, 2.05) is 12.1 Å². The van der Waals surface area contributed by atoms with Gasteiger partial charge in [-0.15, -0.1) is 0 Å². The second-order valence-electron chi connectivity index (χ2n) is 4.72. The maximum absolute atomic E-state index is 9.47. The third-order valence-corrected chi connectivity index (χ3v) is 3.99. The van der Waals surface area contributed by atoms with Gasteiger partial charge in [-0.25, -0.2) is 0 Å². The number of aromatic hydroxyl groups is 1. The van der Waals surface area contributed by atoms with Crippen LogP contribution in [0.4, 0.5) is 0 Å². The monoisotopic (exact) mass is 313 g/mol. The molecule has 0 radical (unpaired) electrons. The summed E-state index contributed by atoms with van der Waals surface area (Å²) in [5, 5.41) is 9.47. The molecule has 100 valence electrons. The fraction of sp³-hybridized carbons (Fsp3) is 0.571. The predicted octanol–water partition coefficient (Wildman–Crippen LogP) is 3.16. The number of hydrogen-bond acceptors (Lipinski definition) is 3. The van der Waals surface area contributed by atoms with Crippen molar-refractivity contribution in [3.63, 3.8) is 0 Å². The first-order valence-corrected chi connectivity index (χ1v) is 7.29. The summed E-state index contributed by atoms with van der Waals surface area (Å²) in [6, 6.07) is 5.71. The van der Waals surface area contributed by atoms with Crippen molar-refractivity contribution < 1.29 is 9.84 Å². The number of piperidine rings is 1. The van der Waals surface area contributed by atoms with E-state index in [0.717, 1.165) is 43.6 Å². The first-order valence-electron chi connectivity index (χ1n) is 6.50. The fourth-order valence-electron chi connectivity index (χ4n) is 2.38. The van der Waals surface area contributed by atoms with Gasteiger partial charge in [0.25, 0.3) is 0 Å². The van der Waals surface area contributed by atoms with Gasteiger partial charge in [0.2, 0.25) is 0 Å². The van der Waals surface area contributed by atoms with Crippen molar-refractivity contribution in [2.24, 2.45) is 0 Å². The Hall–Kier alpha value is -0.580. The maximum Gasteiger partial charge on any atom is 0.129 e. The van der Waals surface area contributed by atoms with Crippen molar-refractivity contribution >= 4 is 15.9 Å². The van der Waals surface area contributed by atoms with Gasteiger partial charge < -0.3 is 9.84 Å². The van der Waals surface area contributed by atoms with Gasteiger partial charge in [-0.05, 0) is 53.4 Å². The molecule has 1 aromatic rings. The Bertz CT molecular complexity index is 389. The second kappa shape index (κ2) is 6.55. The van der Waals surface area contributed by atoms with E-state index in [0.29, 0.717) is 11.9 Å². The predicted molar refractivity (Wildman–Crippen MR) is 75.7 cm³/mol. The summed E-state index contributed by atoms with van der Waals surface area (Å²) in [6.07, 6.45) is 2.68. The molecule has 4 heteroatoms. The summed E-state index contributed by atoms with van der Waals surface area (Å²) >= 11 is 3.35. The summed E-state index contributed by atoms with van der Waals surface area (Å²) in [4.78, 5) is 2.44. The first kappa shape index (κ1) is 13.8. The van der Waals surface area contributed by atoms with E-state index in [9.17, 15) is 5.11 Å². The van der Waals surface area contributed by atoms with Crippen LogP contribution >= 0.6 is 15.9 Å². The molecule has 1 saturated heterocycles. The molecule has 1 aromatic carbocycles. The Labute approximate surface area is 117 Å². The van der Waals surface area contributed by atoms with Crippen LogP contribution in [-0.4, -0.2) is 35.8 Å². The third kappa shape index (κ3) is 3.70.